The number of fused-ring (bicyclic) bond motifs is 1. The highest BCUT2D eigenvalue weighted by Gasteiger charge is 2.19. The number of benzene rings is 1. The van der Waals surface area contributed by atoms with E-state index in [1.54, 1.807) is 6.20 Å². The zero-order valence-corrected chi connectivity index (χ0v) is 14.6. The standard InChI is InChI=1S/C20H22N4O/c1-14-10-11-23(12-14)17-8-6-16(7-9-17)21-20(25)18-13-24-15(2)4-3-5-19(24)22-18/h3-9,13-14H,10-12H2,1-2H3,(H,21,25). The highest BCUT2D eigenvalue weighted by atomic mass is 16.1. The Kier molecular flexibility index (Phi) is 3.92. The summed E-state index contributed by atoms with van der Waals surface area (Å²) < 4.78 is 1.92. The van der Waals surface area contributed by atoms with E-state index in [0.29, 0.717) is 5.69 Å². The molecule has 1 amide bonds. The normalized spacial score (nSPS) is 17.2. The number of pyridine rings is 1. The number of rotatable bonds is 3. The number of hydrogen-bond acceptors (Lipinski definition) is 3. The number of carbonyl (C=O) groups excluding carboxylic acids is 1. The molecule has 25 heavy (non-hydrogen) atoms. The van der Waals surface area contributed by atoms with Gasteiger partial charge in [0.05, 0.1) is 0 Å². The number of nitrogens with zero attached hydrogens (tertiary/aromatic N) is 3. The molecule has 3 aromatic rings. The summed E-state index contributed by atoms with van der Waals surface area (Å²) in [7, 11) is 0. The molecule has 1 aromatic carbocycles. The third-order valence-corrected chi connectivity index (χ3v) is 4.84. The number of anilines is 2. The van der Waals surface area contributed by atoms with Crippen molar-refractivity contribution in [1.29, 1.82) is 0 Å². The molecule has 1 aliphatic rings. The van der Waals surface area contributed by atoms with Crippen molar-refractivity contribution >= 4 is 22.9 Å². The lowest BCUT2D eigenvalue weighted by Gasteiger charge is -2.18. The molecule has 0 saturated carbocycles. The van der Waals surface area contributed by atoms with E-state index in [2.05, 4.69) is 34.3 Å². The molecular weight excluding hydrogens is 312 g/mol. The first-order chi connectivity index (χ1) is 12.1. The third-order valence-electron chi connectivity index (χ3n) is 4.84. The quantitative estimate of drug-likeness (QED) is 0.794. The number of hydrogen-bond donors (Lipinski definition) is 1. The molecule has 4 rings (SSSR count). The Labute approximate surface area is 147 Å². The van der Waals surface area contributed by atoms with Crippen molar-refractivity contribution < 1.29 is 4.79 Å². The van der Waals surface area contributed by atoms with Crippen LogP contribution in [0.1, 0.15) is 29.5 Å². The Morgan fingerprint density at radius 3 is 2.68 bits per heavy atom. The van der Waals surface area contributed by atoms with Crippen molar-refractivity contribution in [1.82, 2.24) is 9.38 Å². The highest BCUT2D eigenvalue weighted by Crippen LogP contribution is 2.25. The van der Waals surface area contributed by atoms with Crippen LogP contribution in [0.2, 0.25) is 0 Å². The van der Waals surface area contributed by atoms with Gasteiger partial charge in [0.2, 0.25) is 0 Å². The van der Waals surface area contributed by atoms with Crippen LogP contribution in [-0.2, 0) is 0 Å². The van der Waals surface area contributed by atoms with Crippen molar-refractivity contribution in [3.05, 3.63) is 60.0 Å². The van der Waals surface area contributed by atoms with Gasteiger partial charge in [-0.2, -0.15) is 0 Å². The van der Waals surface area contributed by atoms with Crippen LogP contribution in [0.4, 0.5) is 11.4 Å². The summed E-state index contributed by atoms with van der Waals surface area (Å²) in [6.45, 7) is 6.49. The Hall–Kier alpha value is -2.82. The van der Waals surface area contributed by atoms with Gasteiger partial charge in [0.15, 0.2) is 0 Å². The Balaban J connectivity index is 1.49. The SMILES string of the molecule is Cc1cccc2nc(C(=O)Nc3ccc(N4CCC(C)C4)cc3)cn12. The van der Waals surface area contributed by atoms with E-state index in [1.165, 1.54) is 12.1 Å². The first-order valence-corrected chi connectivity index (χ1v) is 8.71. The molecule has 0 bridgehead atoms. The molecule has 128 valence electrons. The van der Waals surface area contributed by atoms with E-state index in [0.717, 1.165) is 36.0 Å². The van der Waals surface area contributed by atoms with Gasteiger partial charge < -0.3 is 14.6 Å². The van der Waals surface area contributed by atoms with Crippen LogP contribution >= 0.6 is 0 Å². The van der Waals surface area contributed by atoms with E-state index in [1.807, 2.05) is 41.7 Å². The van der Waals surface area contributed by atoms with Gasteiger partial charge >= 0.3 is 0 Å². The fourth-order valence-electron chi connectivity index (χ4n) is 3.38. The number of carbonyl (C=O) groups is 1. The predicted octanol–water partition coefficient (Wildman–Crippen LogP) is 3.74. The Morgan fingerprint density at radius 2 is 2.00 bits per heavy atom. The van der Waals surface area contributed by atoms with Gasteiger partial charge in [0, 0.05) is 36.4 Å². The van der Waals surface area contributed by atoms with Crippen LogP contribution in [0.3, 0.4) is 0 Å². The molecular formula is C20H22N4O. The van der Waals surface area contributed by atoms with Crippen molar-refractivity contribution in [2.45, 2.75) is 20.3 Å². The van der Waals surface area contributed by atoms with Crippen molar-refractivity contribution in [3.8, 4) is 0 Å². The Morgan fingerprint density at radius 1 is 1.20 bits per heavy atom. The van der Waals surface area contributed by atoms with Gasteiger partial charge in [-0.05, 0) is 55.7 Å². The molecule has 5 nitrogen and oxygen atoms in total. The summed E-state index contributed by atoms with van der Waals surface area (Å²) >= 11 is 0. The molecule has 2 aromatic heterocycles. The van der Waals surface area contributed by atoms with E-state index >= 15 is 0 Å². The molecule has 0 spiro atoms. The van der Waals surface area contributed by atoms with E-state index in [9.17, 15) is 4.79 Å². The maximum Gasteiger partial charge on any atom is 0.275 e. The van der Waals surface area contributed by atoms with Gasteiger partial charge in [-0.15, -0.1) is 0 Å². The van der Waals surface area contributed by atoms with E-state index in [-0.39, 0.29) is 5.91 Å². The second kappa shape index (κ2) is 6.24. The van der Waals surface area contributed by atoms with Gasteiger partial charge in [-0.1, -0.05) is 13.0 Å². The summed E-state index contributed by atoms with van der Waals surface area (Å²) in [6, 6.07) is 13.9. The van der Waals surface area contributed by atoms with Gasteiger partial charge in [-0.25, -0.2) is 4.98 Å². The van der Waals surface area contributed by atoms with Crippen LogP contribution in [0.5, 0.6) is 0 Å². The number of amides is 1. The maximum atomic E-state index is 12.5. The number of aromatic nitrogens is 2. The van der Waals surface area contributed by atoms with Gasteiger partial charge in [0.25, 0.3) is 5.91 Å². The maximum absolute atomic E-state index is 12.5. The predicted molar refractivity (Wildman–Crippen MR) is 100 cm³/mol. The topological polar surface area (TPSA) is 49.6 Å². The second-order valence-corrected chi connectivity index (χ2v) is 6.86. The lowest BCUT2D eigenvalue weighted by atomic mass is 10.2. The first kappa shape index (κ1) is 15.7. The van der Waals surface area contributed by atoms with Crippen molar-refractivity contribution in [2.75, 3.05) is 23.3 Å². The molecule has 0 radical (unpaired) electrons. The molecule has 3 heterocycles. The monoisotopic (exact) mass is 334 g/mol. The minimum atomic E-state index is -0.189. The van der Waals surface area contributed by atoms with Crippen LogP contribution < -0.4 is 10.2 Å². The van der Waals surface area contributed by atoms with Crippen LogP contribution in [0, 0.1) is 12.8 Å². The highest BCUT2D eigenvalue weighted by molar-refractivity contribution is 6.03. The molecule has 0 aliphatic carbocycles. The molecule has 1 aliphatic heterocycles. The summed E-state index contributed by atoms with van der Waals surface area (Å²) in [4.78, 5) is 19.3. The zero-order chi connectivity index (χ0) is 17.4. The number of aryl methyl sites for hydroxylation is 1. The number of imidazole rings is 1. The summed E-state index contributed by atoms with van der Waals surface area (Å²) in [6.07, 6.45) is 3.02. The molecule has 1 fully saturated rings. The largest absolute Gasteiger partial charge is 0.371 e. The van der Waals surface area contributed by atoms with Crippen LogP contribution in [-0.4, -0.2) is 28.4 Å². The Bertz CT molecular complexity index is 913. The molecule has 1 unspecified atom stereocenters. The minimum Gasteiger partial charge on any atom is -0.371 e. The third kappa shape index (κ3) is 3.09. The lowest BCUT2D eigenvalue weighted by Crippen LogP contribution is -2.19. The average Bonchev–Trinajstić information content (AvgIpc) is 3.23. The van der Waals surface area contributed by atoms with Gasteiger partial charge in [-0.3, -0.25) is 4.79 Å². The zero-order valence-electron chi connectivity index (χ0n) is 14.6. The fraction of sp³-hybridized carbons (Fsp3) is 0.300. The fourth-order valence-corrected chi connectivity index (χ4v) is 3.38. The number of nitrogens with one attached hydrogen (secondary N) is 1. The van der Waals surface area contributed by atoms with Gasteiger partial charge in [0.1, 0.15) is 11.3 Å². The summed E-state index contributed by atoms with van der Waals surface area (Å²) in [5.74, 6) is 0.559. The molecule has 5 heteroatoms. The van der Waals surface area contributed by atoms with Crippen LogP contribution in [0.25, 0.3) is 5.65 Å². The first-order valence-electron chi connectivity index (χ1n) is 8.71. The summed E-state index contributed by atoms with van der Waals surface area (Å²) in [5.41, 5.74) is 4.25. The molecule has 1 saturated heterocycles. The lowest BCUT2D eigenvalue weighted by molar-refractivity contribution is 0.102. The van der Waals surface area contributed by atoms with Crippen molar-refractivity contribution in [2.24, 2.45) is 5.92 Å². The second-order valence-electron chi connectivity index (χ2n) is 6.86. The molecule has 1 N–H and O–H groups in total. The minimum absolute atomic E-state index is 0.189. The van der Waals surface area contributed by atoms with E-state index in [4.69, 9.17) is 0 Å². The van der Waals surface area contributed by atoms with Crippen LogP contribution in [0.15, 0.2) is 48.7 Å². The summed E-state index contributed by atoms with van der Waals surface area (Å²) in [5, 5.41) is 2.93. The smallest absolute Gasteiger partial charge is 0.275 e. The molecule has 1 atom stereocenters. The van der Waals surface area contributed by atoms with E-state index < -0.39 is 0 Å². The average molecular weight is 334 g/mol. The van der Waals surface area contributed by atoms with Crippen molar-refractivity contribution in [3.63, 3.8) is 0 Å².